The van der Waals surface area contributed by atoms with Crippen molar-refractivity contribution in [2.75, 3.05) is 13.2 Å². The number of likely N-dealkylation sites (N-methyl/N-ethyl adjacent to an activating group) is 1. The number of amides is 1. The van der Waals surface area contributed by atoms with Gasteiger partial charge in [0.25, 0.3) is 5.91 Å². The second kappa shape index (κ2) is 7.85. The van der Waals surface area contributed by atoms with Crippen molar-refractivity contribution in [2.45, 2.75) is 52.0 Å². The lowest BCUT2D eigenvalue weighted by molar-refractivity contribution is -0.137. The Labute approximate surface area is 153 Å². The topological polar surface area (TPSA) is 77.3 Å². The molecule has 0 N–H and O–H groups in total. The van der Waals surface area contributed by atoms with E-state index in [0.29, 0.717) is 17.8 Å². The van der Waals surface area contributed by atoms with Gasteiger partial charge in [-0.05, 0) is 32.8 Å². The van der Waals surface area contributed by atoms with Gasteiger partial charge in [0.05, 0.1) is 11.3 Å². The molecule has 3 rings (SSSR count). The molecule has 2 heterocycles. The van der Waals surface area contributed by atoms with E-state index in [4.69, 9.17) is 4.74 Å². The number of hydrogen-bond donors (Lipinski definition) is 0. The summed E-state index contributed by atoms with van der Waals surface area (Å²) >= 11 is 0. The molecule has 1 amide bonds. The Kier molecular flexibility index (Phi) is 5.54. The third-order valence-electron chi connectivity index (χ3n) is 5.10. The zero-order valence-electron chi connectivity index (χ0n) is 15.7. The summed E-state index contributed by atoms with van der Waals surface area (Å²) in [6.07, 6.45) is 7.09. The predicted octanol–water partition coefficient (Wildman–Crippen LogP) is 2.61. The van der Waals surface area contributed by atoms with Gasteiger partial charge >= 0.3 is 5.97 Å². The molecule has 0 unspecified atom stereocenters. The first-order valence-electron chi connectivity index (χ1n) is 9.27. The Hall–Kier alpha value is -2.44. The summed E-state index contributed by atoms with van der Waals surface area (Å²) in [6, 6.07) is 1.99. The van der Waals surface area contributed by atoms with Gasteiger partial charge in [0, 0.05) is 31.2 Å². The normalized spacial score (nSPS) is 15.2. The van der Waals surface area contributed by atoms with E-state index >= 15 is 0 Å². The van der Waals surface area contributed by atoms with Crippen LogP contribution in [0.15, 0.2) is 12.3 Å². The predicted molar refractivity (Wildman–Crippen MR) is 97.8 cm³/mol. The quantitative estimate of drug-likeness (QED) is 0.768. The molecule has 0 radical (unpaired) electrons. The van der Waals surface area contributed by atoms with E-state index < -0.39 is 5.97 Å². The highest BCUT2D eigenvalue weighted by molar-refractivity contribution is 5.94. The molecule has 0 saturated heterocycles. The largest absolute Gasteiger partial charge is 0.452 e. The molecule has 0 bridgehead atoms. The average molecular weight is 358 g/mol. The molecule has 0 aliphatic heterocycles. The maximum Gasteiger partial charge on any atom is 0.340 e. The Morgan fingerprint density at radius 3 is 2.73 bits per heavy atom. The molecule has 0 spiro atoms. The summed E-state index contributed by atoms with van der Waals surface area (Å²) in [4.78, 5) is 31.0. The average Bonchev–Trinajstić information content (AvgIpc) is 2.94. The van der Waals surface area contributed by atoms with Crippen molar-refractivity contribution in [3.63, 3.8) is 0 Å². The third-order valence-corrected chi connectivity index (χ3v) is 5.10. The number of ether oxygens (including phenoxy) is 1. The highest BCUT2D eigenvalue weighted by atomic mass is 16.5. The monoisotopic (exact) mass is 358 g/mol. The molecule has 1 fully saturated rings. The molecule has 7 nitrogen and oxygen atoms in total. The van der Waals surface area contributed by atoms with Crippen molar-refractivity contribution in [1.82, 2.24) is 19.7 Å². The van der Waals surface area contributed by atoms with Crippen LogP contribution in [0.3, 0.4) is 0 Å². The molecule has 2 aromatic rings. The second-order valence-corrected chi connectivity index (χ2v) is 6.85. The van der Waals surface area contributed by atoms with Crippen LogP contribution in [0, 0.1) is 6.92 Å². The first-order valence-corrected chi connectivity index (χ1v) is 9.27. The number of carbonyl (C=O) groups excluding carboxylic acids is 2. The Morgan fingerprint density at radius 1 is 1.31 bits per heavy atom. The van der Waals surface area contributed by atoms with E-state index in [-0.39, 0.29) is 18.6 Å². The summed E-state index contributed by atoms with van der Waals surface area (Å²) in [6.45, 7) is 4.25. The first-order chi connectivity index (χ1) is 12.5. The van der Waals surface area contributed by atoms with Crippen molar-refractivity contribution < 1.29 is 14.3 Å². The number of rotatable bonds is 5. The molecule has 0 atom stereocenters. The van der Waals surface area contributed by atoms with E-state index in [0.717, 1.165) is 36.8 Å². The van der Waals surface area contributed by atoms with Crippen LogP contribution in [0.5, 0.6) is 0 Å². The maximum atomic E-state index is 12.5. The summed E-state index contributed by atoms with van der Waals surface area (Å²) < 4.78 is 6.93. The second-order valence-electron chi connectivity index (χ2n) is 6.85. The van der Waals surface area contributed by atoms with Crippen LogP contribution >= 0.6 is 0 Å². The third kappa shape index (κ3) is 3.71. The summed E-state index contributed by atoms with van der Waals surface area (Å²) in [7, 11) is 1.81. The molecular weight excluding hydrogens is 332 g/mol. The minimum absolute atomic E-state index is 0.126. The van der Waals surface area contributed by atoms with E-state index in [1.807, 2.05) is 25.8 Å². The number of pyridine rings is 1. The summed E-state index contributed by atoms with van der Waals surface area (Å²) in [5.41, 5.74) is 1.85. The lowest BCUT2D eigenvalue weighted by Crippen LogP contribution is -2.43. The summed E-state index contributed by atoms with van der Waals surface area (Å²) in [5.74, 6) is -0.657. The number of carbonyl (C=O) groups is 2. The van der Waals surface area contributed by atoms with Crippen molar-refractivity contribution in [2.24, 2.45) is 7.05 Å². The zero-order chi connectivity index (χ0) is 18.7. The molecule has 7 heteroatoms. The van der Waals surface area contributed by atoms with E-state index in [1.165, 1.54) is 12.6 Å². The van der Waals surface area contributed by atoms with Gasteiger partial charge < -0.3 is 9.64 Å². The van der Waals surface area contributed by atoms with Gasteiger partial charge in [-0.25, -0.2) is 9.78 Å². The van der Waals surface area contributed by atoms with Gasteiger partial charge in [-0.15, -0.1) is 0 Å². The van der Waals surface area contributed by atoms with Gasteiger partial charge in [0.1, 0.15) is 0 Å². The first kappa shape index (κ1) is 18.4. The van der Waals surface area contributed by atoms with Gasteiger partial charge in [0.15, 0.2) is 12.3 Å². The fourth-order valence-electron chi connectivity index (χ4n) is 3.74. The number of esters is 1. The fraction of sp³-hybridized carbons (Fsp3) is 0.579. The van der Waals surface area contributed by atoms with E-state index in [2.05, 4.69) is 10.1 Å². The molecule has 1 saturated carbocycles. The lowest BCUT2D eigenvalue weighted by atomic mass is 9.94. The number of hydrogen-bond acceptors (Lipinski definition) is 5. The van der Waals surface area contributed by atoms with Crippen LogP contribution in [0.1, 0.15) is 55.1 Å². The van der Waals surface area contributed by atoms with Crippen molar-refractivity contribution in [3.05, 3.63) is 23.5 Å². The zero-order valence-corrected chi connectivity index (χ0v) is 15.7. The van der Waals surface area contributed by atoms with E-state index in [9.17, 15) is 9.59 Å². The highest BCUT2D eigenvalue weighted by Gasteiger charge is 2.25. The number of nitrogens with zero attached hydrogens (tertiary/aromatic N) is 4. The molecule has 2 aromatic heterocycles. The smallest absolute Gasteiger partial charge is 0.340 e. The molecular formula is C19H26N4O3. The van der Waals surface area contributed by atoms with Crippen LogP contribution < -0.4 is 0 Å². The highest BCUT2D eigenvalue weighted by Crippen LogP contribution is 2.22. The molecule has 140 valence electrons. The standard InChI is InChI=1S/C19H26N4O3/c1-4-23(15-8-6-5-7-9-15)17(24)12-26-19(25)14-10-16-13(2)21-22(3)18(16)20-11-14/h10-11,15H,4-9,12H2,1-3H3. The fourth-order valence-corrected chi connectivity index (χ4v) is 3.74. The molecule has 26 heavy (non-hydrogen) atoms. The number of aromatic nitrogens is 3. The van der Waals surface area contributed by atoms with E-state index in [1.54, 1.807) is 10.7 Å². The maximum absolute atomic E-state index is 12.5. The van der Waals surface area contributed by atoms with Gasteiger partial charge in [-0.2, -0.15) is 5.10 Å². The lowest BCUT2D eigenvalue weighted by Gasteiger charge is -2.33. The Bertz CT molecular complexity index is 808. The van der Waals surface area contributed by atoms with Crippen molar-refractivity contribution in [3.8, 4) is 0 Å². The minimum atomic E-state index is -0.532. The van der Waals surface area contributed by atoms with Crippen molar-refractivity contribution >= 4 is 22.9 Å². The summed E-state index contributed by atoms with van der Waals surface area (Å²) in [5, 5.41) is 5.10. The minimum Gasteiger partial charge on any atom is -0.452 e. The van der Waals surface area contributed by atoms with Crippen LogP contribution in [0.25, 0.3) is 11.0 Å². The Morgan fingerprint density at radius 2 is 2.04 bits per heavy atom. The number of aryl methyl sites for hydroxylation is 2. The van der Waals surface area contributed by atoms with Gasteiger partial charge in [-0.3, -0.25) is 9.48 Å². The molecule has 1 aliphatic carbocycles. The SMILES string of the molecule is CCN(C(=O)COC(=O)c1cnc2c(c1)c(C)nn2C)C1CCCCC1. The Balaban J connectivity index is 1.64. The van der Waals surface area contributed by atoms with Crippen LogP contribution in [-0.2, 0) is 16.6 Å². The van der Waals surface area contributed by atoms with Crippen molar-refractivity contribution in [1.29, 1.82) is 0 Å². The van der Waals surface area contributed by atoms with Gasteiger partial charge in [-0.1, -0.05) is 19.3 Å². The van der Waals surface area contributed by atoms with Gasteiger partial charge in [0.2, 0.25) is 0 Å². The molecule has 0 aromatic carbocycles. The van der Waals surface area contributed by atoms with Crippen LogP contribution in [0.4, 0.5) is 0 Å². The molecule has 1 aliphatic rings. The van der Waals surface area contributed by atoms with Crippen LogP contribution in [0.2, 0.25) is 0 Å². The van der Waals surface area contributed by atoms with Crippen LogP contribution in [-0.4, -0.2) is 50.7 Å². The number of fused-ring (bicyclic) bond motifs is 1.